The first kappa shape index (κ1) is 23.4. The molecular formula is C28H27N3O5. The van der Waals surface area contributed by atoms with E-state index in [4.69, 9.17) is 9.47 Å². The zero-order valence-corrected chi connectivity index (χ0v) is 20.2. The van der Waals surface area contributed by atoms with Crippen LogP contribution in [0.15, 0.2) is 66.7 Å². The van der Waals surface area contributed by atoms with Crippen LogP contribution >= 0.6 is 0 Å². The summed E-state index contributed by atoms with van der Waals surface area (Å²) in [5.41, 5.74) is 3.11. The minimum Gasteiger partial charge on any atom is -0.493 e. The molecule has 0 aliphatic carbocycles. The third-order valence-electron chi connectivity index (χ3n) is 6.64. The number of anilines is 1. The van der Waals surface area contributed by atoms with E-state index in [0.717, 1.165) is 12.0 Å². The second-order valence-electron chi connectivity index (χ2n) is 8.67. The number of benzene rings is 3. The van der Waals surface area contributed by atoms with E-state index in [2.05, 4.69) is 5.32 Å². The third-order valence-corrected chi connectivity index (χ3v) is 6.64. The van der Waals surface area contributed by atoms with Crippen LogP contribution in [0.25, 0.3) is 0 Å². The average molecular weight is 486 g/mol. The van der Waals surface area contributed by atoms with Crippen LogP contribution in [0.5, 0.6) is 11.5 Å². The van der Waals surface area contributed by atoms with E-state index in [1.165, 1.54) is 14.2 Å². The van der Waals surface area contributed by atoms with Gasteiger partial charge in [-0.3, -0.25) is 19.3 Å². The SMILES string of the molecule is COc1ccc2c(c1OC)C(=O)N1c3ccccc3C(=O)N(CCC(=O)NCCc3ccccc3)[C@H]21. The van der Waals surface area contributed by atoms with Crippen molar-refractivity contribution in [2.75, 3.05) is 32.2 Å². The number of carbonyl (C=O) groups is 3. The van der Waals surface area contributed by atoms with Crippen LogP contribution in [0.3, 0.4) is 0 Å². The molecule has 0 unspecified atom stereocenters. The minimum atomic E-state index is -0.674. The molecule has 0 fully saturated rings. The van der Waals surface area contributed by atoms with Crippen molar-refractivity contribution in [3.8, 4) is 11.5 Å². The first-order valence-corrected chi connectivity index (χ1v) is 11.8. The van der Waals surface area contributed by atoms with Crippen molar-refractivity contribution in [1.82, 2.24) is 10.2 Å². The van der Waals surface area contributed by atoms with Crippen LogP contribution in [0.2, 0.25) is 0 Å². The van der Waals surface area contributed by atoms with Crippen LogP contribution in [-0.4, -0.2) is 49.9 Å². The van der Waals surface area contributed by atoms with Gasteiger partial charge in [0.2, 0.25) is 5.91 Å². The zero-order valence-electron chi connectivity index (χ0n) is 20.2. The summed E-state index contributed by atoms with van der Waals surface area (Å²) in [5.74, 6) is 0.120. The highest BCUT2D eigenvalue weighted by atomic mass is 16.5. The molecule has 3 aromatic rings. The lowest BCUT2D eigenvalue weighted by atomic mass is 10.0. The molecule has 3 aromatic carbocycles. The van der Waals surface area contributed by atoms with Crippen LogP contribution < -0.4 is 19.7 Å². The smallest absolute Gasteiger partial charge is 0.264 e. The van der Waals surface area contributed by atoms with Gasteiger partial charge in [0.1, 0.15) is 6.17 Å². The molecule has 0 radical (unpaired) electrons. The standard InChI is InChI=1S/C28H27N3O5/c1-35-22-13-12-20-24(25(22)36-2)28(34)31-21-11-7-6-10-19(21)27(33)30(26(20)31)17-15-23(32)29-16-14-18-8-4-3-5-9-18/h3-13,26H,14-17H2,1-2H3,(H,29,32)/t26-/m0/s1. The van der Waals surface area contributed by atoms with E-state index in [1.54, 1.807) is 46.2 Å². The Morgan fingerprint density at radius 1 is 0.917 bits per heavy atom. The van der Waals surface area contributed by atoms with Crippen LogP contribution in [-0.2, 0) is 11.2 Å². The Kier molecular flexibility index (Phi) is 6.33. The molecule has 2 aliphatic rings. The predicted octanol–water partition coefficient (Wildman–Crippen LogP) is 3.57. The summed E-state index contributed by atoms with van der Waals surface area (Å²) in [7, 11) is 3.00. The summed E-state index contributed by atoms with van der Waals surface area (Å²) in [4.78, 5) is 43.1. The van der Waals surface area contributed by atoms with Gasteiger partial charge in [0.25, 0.3) is 11.8 Å². The first-order chi connectivity index (χ1) is 17.5. The minimum absolute atomic E-state index is 0.115. The Hall–Kier alpha value is -4.33. The second-order valence-corrected chi connectivity index (χ2v) is 8.67. The highest BCUT2D eigenvalue weighted by Crippen LogP contribution is 2.49. The van der Waals surface area contributed by atoms with Crippen LogP contribution in [0.1, 0.15) is 44.4 Å². The van der Waals surface area contributed by atoms with Crippen molar-refractivity contribution in [1.29, 1.82) is 0 Å². The number of nitrogens with zero attached hydrogens (tertiary/aromatic N) is 2. The lowest BCUT2D eigenvalue weighted by molar-refractivity contribution is -0.121. The summed E-state index contributed by atoms with van der Waals surface area (Å²) < 4.78 is 10.9. The van der Waals surface area contributed by atoms with Crippen molar-refractivity contribution in [3.63, 3.8) is 0 Å². The summed E-state index contributed by atoms with van der Waals surface area (Å²) in [6, 6.07) is 20.5. The van der Waals surface area contributed by atoms with Gasteiger partial charge >= 0.3 is 0 Å². The molecule has 3 amide bonds. The van der Waals surface area contributed by atoms with Gasteiger partial charge in [-0.15, -0.1) is 0 Å². The quantitative estimate of drug-likeness (QED) is 0.527. The largest absolute Gasteiger partial charge is 0.493 e. The molecule has 0 aromatic heterocycles. The van der Waals surface area contributed by atoms with Gasteiger partial charge in [-0.25, -0.2) is 0 Å². The molecule has 0 saturated heterocycles. The number of ether oxygens (including phenoxy) is 2. The maximum atomic E-state index is 13.7. The molecular weight excluding hydrogens is 458 g/mol. The van der Waals surface area contributed by atoms with E-state index in [-0.39, 0.29) is 30.7 Å². The second kappa shape index (κ2) is 9.73. The van der Waals surface area contributed by atoms with Crippen molar-refractivity contribution in [2.24, 2.45) is 0 Å². The molecule has 36 heavy (non-hydrogen) atoms. The number of fused-ring (bicyclic) bond motifs is 5. The van der Waals surface area contributed by atoms with Crippen molar-refractivity contribution >= 4 is 23.4 Å². The molecule has 0 saturated carbocycles. The molecule has 5 rings (SSSR count). The number of nitrogens with one attached hydrogen (secondary N) is 1. The summed E-state index contributed by atoms with van der Waals surface area (Å²) in [6.45, 7) is 0.667. The van der Waals surface area contributed by atoms with Gasteiger partial charge in [-0.2, -0.15) is 0 Å². The zero-order chi connectivity index (χ0) is 25.2. The Labute approximate surface area is 209 Å². The average Bonchev–Trinajstić information content (AvgIpc) is 3.21. The van der Waals surface area contributed by atoms with Gasteiger partial charge in [0, 0.05) is 25.1 Å². The molecule has 1 N–H and O–H groups in total. The van der Waals surface area contributed by atoms with E-state index in [0.29, 0.717) is 40.4 Å². The van der Waals surface area contributed by atoms with E-state index in [1.807, 2.05) is 30.3 Å². The molecule has 1 atom stereocenters. The third kappa shape index (κ3) is 3.94. The van der Waals surface area contributed by atoms with E-state index in [9.17, 15) is 14.4 Å². The monoisotopic (exact) mass is 485 g/mol. The normalized spacial score (nSPS) is 15.8. The number of methoxy groups -OCH3 is 2. The number of amides is 3. The number of carbonyl (C=O) groups excluding carboxylic acids is 3. The van der Waals surface area contributed by atoms with Crippen LogP contribution in [0, 0.1) is 0 Å². The maximum Gasteiger partial charge on any atom is 0.264 e. The highest BCUT2D eigenvalue weighted by Gasteiger charge is 2.49. The predicted molar refractivity (Wildman–Crippen MR) is 134 cm³/mol. The molecule has 2 heterocycles. The van der Waals surface area contributed by atoms with Gasteiger partial charge in [-0.1, -0.05) is 48.5 Å². The van der Waals surface area contributed by atoms with Gasteiger partial charge in [-0.05, 0) is 30.2 Å². The van der Waals surface area contributed by atoms with Gasteiger partial charge in [0.15, 0.2) is 11.5 Å². The molecule has 2 aliphatic heterocycles. The topological polar surface area (TPSA) is 88.2 Å². The molecule has 8 nitrogen and oxygen atoms in total. The van der Waals surface area contributed by atoms with Crippen molar-refractivity contribution in [3.05, 3.63) is 89.0 Å². The van der Waals surface area contributed by atoms with E-state index >= 15 is 0 Å². The Morgan fingerprint density at radius 3 is 2.42 bits per heavy atom. The van der Waals surface area contributed by atoms with Gasteiger partial charge < -0.3 is 19.7 Å². The Bertz CT molecular complexity index is 1320. The van der Waals surface area contributed by atoms with Crippen molar-refractivity contribution in [2.45, 2.75) is 19.0 Å². The molecule has 0 bridgehead atoms. The molecule has 8 heteroatoms. The Morgan fingerprint density at radius 2 is 1.67 bits per heavy atom. The number of hydrogen-bond donors (Lipinski definition) is 1. The van der Waals surface area contributed by atoms with Crippen molar-refractivity contribution < 1.29 is 23.9 Å². The lowest BCUT2D eigenvalue weighted by Crippen LogP contribution is -2.49. The fourth-order valence-electron chi connectivity index (χ4n) is 4.95. The number of para-hydroxylation sites is 1. The number of hydrogen-bond acceptors (Lipinski definition) is 5. The maximum absolute atomic E-state index is 13.7. The number of rotatable bonds is 8. The fourth-order valence-corrected chi connectivity index (χ4v) is 4.95. The summed E-state index contributed by atoms with van der Waals surface area (Å²) in [6.07, 6.45) is 0.165. The van der Waals surface area contributed by atoms with E-state index < -0.39 is 6.17 Å². The molecule has 0 spiro atoms. The van der Waals surface area contributed by atoms with Gasteiger partial charge in [0.05, 0.1) is 31.0 Å². The Balaban J connectivity index is 1.41. The highest BCUT2D eigenvalue weighted by molar-refractivity contribution is 6.18. The summed E-state index contributed by atoms with van der Waals surface area (Å²) in [5, 5.41) is 2.93. The summed E-state index contributed by atoms with van der Waals surface area (Å²) >= 11 is 0. The first-order valence-electron chi connectivity index (χ1n) is 11.8. The lowest BCUT2D eigenvalue weighted by Gasteiger charge is -2.40. The fraction of sp³-hybridized carbons (Fsp3) is 0.250. The van der Waals surface area contributed by atoms with Crippen LogP contribution in [0.4, 0.5) is 5.69 Å². The molecule has 184 valence electrons.